The van der Waals surface area contributed by atoms with Crippen LogP contribution in [0.5, 0.6) is 0 Å². The molecule has 0 spiro atoms. The van der Waals surface area contributed by atoms with Crippen LogP contribution in [-0.4, -0.2) is 0 Å². The first-order valence-corrected chi connectivity index (χ1v) is 6.93. The van der Waals surface area contributed by atoms with Crippen LogP contribution in [0.1, 0.15) is 31.4 Å². The third kappa shape index (κ3) is 3.24. The average Bonchev–Trinajstić information content (AvgIpc) is 2.47. The fraction of sp³-hybridized carbons (Fsp3) is 0.278. The molecule has 102 valence electrons. The smallest absolute Gasteiger partial charge is 0.141 e. The lowest BCUT2D eigenvalue weighted by Gasteiger charge is -2.09. The molecule has 2 aromatic carbocycles. The summed E-state index contributed by atoms with van der Waals surface area (Å²) in [4.78, 5) is 0. The van der Waals surface area contributed by atoms with E-state index in [-0.39, 0.29) is 5.56 Å². The molecule has 0 saturated carbocycles. The van der Waals surface area contributed by atoms with Crippen molar-refractivity contribution in [3.63, 3.8) is 0 Å². The van der Waals surface area contributed by atoms with Gasteiger partial charge in [0.25, 0.3) is 0 Å². The van der Waals surface area contributed by atoms with E-state index in [1.807, 2.05) is 18.2 Å². The Morgan fingerprint density at radius 3 is 2.30 bits per heavy atom. The van der Waals surface area contributed by atoms with Gasteiger partial charge in [-0.3, -0.25) is 0 Å². The van der Waals surface area contributed by atoms with Gasteiger partial charge in [-0.25, -0.2) is 4.39 Å². The Morgan fingerprint density at radius 2 is 1.75 bits per heavy atom. The Labute approximate surface area is 119 Å². The third-order valence-electron chi connectivity index (χ3n) is 3.66. The number of hydrogen-bond acceptors (Lipinski definition) is 1. The Bertz CT molecular complexity index is 623. The molecule has 0 radical (unpaired) electrons. The Kier molecular flexibility index (Phi) is 4.53. The first kappa shape index (κ1) is 14.3. The fourth-order valence-electron chi connectivity index (χ4n) is 2.17. The van der Waals surface area contributed by atoms with Crippen molar-refractivity contribution in [2.24, 2.45) is 5.92 Å². The van der Waals surface area contributed by atoms with Gasteiger partial charge in [0.05, 0.1) is 5.56 Å². The predicted octanol–water partition coefficient (Wildman–Crippen LogP) is 4.95. The molecule has 0 aromatic heterocycles. The molecule has 0 heterocycles. The Hall–Kier alpha value is -2.14. The van der Waals surface area contributed by atoms with E-state index in [2.05, 4.69) is 26.0 Å². The van der Waals surface area contributed by atoms with Crippen LogP contribution in [0.25, 0.3) is 11.1 Å². The minimum atomic E-state index is -0.464. The van der Waals surface area contributed by atoms with Crippen molar-refractivity contribution in [1.29, 1.82) is 5.26 Å². The van der Waals surface area contributed by atoms with Gasteiger partial charge in [-0.1, -0.05) is 50.6 Å². The highest BCUT2D eigenvalue weighted by Gasteiger charge is 2.05. The van der Waals surface area contributed by atoms with Gasteiger partial charge < -0.3 is 0 Å². The second kappa shape index (κ2) is 6.34. The van der Waals surface area contributed by atoms with Crippen molar-refractivity contribution >= 4 is 0 Å². The van der Waals surface area contributed by atoms with Crippen LogP contribution in [0.2, 0.25) is 0 Å². The molecule has 2 heteroatoms. The van der Waals surface area contributed by atoms with Gasteiger partial charge in [0.2, 0.25) is 0 Å². The summed E-state index contributed by atoms with van der Waals surface area (Å²) in [6.07, 6.45) is 2.24. The molecule has 1 atom stereocenters. The maximum Gasteiger partial charge on any atom is 0.141 e. The van der Waals surface area contributed by atoms with Crippen LogP contribution in [-0.2, 0) is 6.42 Å². The van der Waals surface area contributed by atoms with Crippen molar-refractivity contribution in [3.8, 4) is 17.2 Å². The van der Waals surface area contributed by atoms with Gasteiger partial charge in [-0.05, 0) is 41.2 Å². The molecule has 20 heavy (non-hydrogen) atoms. The monoisotopic (exact) mass is 267 g/mol. The Balaban J connectivity index is 2.22. The quantitative estimate of drug-likeness (QED) is 0.768. The lowest BCUT2D eigenvalue weighted by atomic mass is 9.96. The van der Waals surface area contributed by atoms with Crippen molar-refractivity contribution in [1.82, 2.24) is 0 Å². The lowest BCUT2D eigenvalue weighted by Crippen LogP contribution is -1.97. The van der Waals surface area contributed by atoms with Crippen molar-refractivity contribution in [3.05, 3.63) is 59.4 Å². The van der Waals surface area contributed by atoms with Gasteiger partial charge >= 0.3 is 0 Å². The molecule has 0 aliphatic rings. The van der Waals surface area contributed by atoms with Crippen molar-refractivity contribution < 1.29 is 4.39 Å². The zero-order valence-corrected chi connectivity index (χ0v) is 11.9. The van der Waals surface area contributed by atoms with E-state index in [4.69, 9.17) is 5.26 Å². The normalized spacial score (nSPS) is 11.9. The molecular formula is C18H18FN. The molecule has 0 fully saturated rings. The summed E-state index contributed by atoms with van der Waals surface area (Å²) in [5, 5.41) is 8.73. The van der Waals surface area contributed by atoms with Crippen LogP contribution in [0, 0.1) is 23.1 Å². The summed E-state index contributed by atoms with van der Waals surface area (Å²) in [6.45, 7) is 4.43. The van der Waals surface area contributed by atoms with Gasteiger partial charge in [0.1, 0.15) is 11.9 Å². The van der Waals surface area contributed by atoms with Crippen molar-refractivity contribution in [2.75, 3.05) is 0 Å². The molecule has 1 nitrogen and oxygen atoms in total. The van der Waals surface area contributed by atoms with E-state index >= 15 is 0 Å². The van der Waals surface area contributed by atoms with E-state index in [1.54, 1.807) is 6.07 Å². The van der Waals surface area contributed by atoms with Crippen LogP contribution in [0.3, 0.4) is 0 Å². The van der Waals surface area contributed by atoms with Crippen LogP contribution < -0.4 is 0 Å². The highest BCUT2D eigenvalue weighted by Crippen LogP contribution is 2.23. The summed E-state index contributed by atoms with van der Waals surface area (Å²) in [5.41, 5.74) is 3.16. The molecule has 2 rings (SSSR count). The van der Waals surface area contributed by atoms with Gasteiger partial charge in [-0.2, -0.15) is 5.26 Å². The summed E-state index contributed by atoms with van der Waals surface area (Å²) in [5.74, 6) is 0.210. The number of halogens is 1. The summed E-state index contributed by atoms with van der Waals surface area (Å²) >= 11 is 0. The number of nitrogens with zero attached hydrogens (tertiary/aromatic N) is 1. The van der Waals surface area contributed by atoms with Gasteiger partial charge in [-0.15, -0.1) is 0 Å². The second-order valence-electron chi connectivity index (χ2n) is 5.22. The number of benzene rings is 2. The SMILES string of the molecule is CCC(C)Cc1ccc(-c2ccc(C#N)c(F)c2)cc1. The zero-order chi connectivity index (χ0) is 14.5. The zero-order valence-electron chi connectivity index (χ0n) is 11.9. The molecule has 1 unspecified atom stereocenters. The Morgan fingerprint density at radius 1 is 1.10 bits per heavy atom. The van der Waals surface area contributed by atoms with Crippen LogP contribution in [0.4, 0.5) is 4.39 Å². The van der Waals surface area contributed by atoms with E-state index in [1.165, 1.54) is 24.1 Å². The fourth-order valence-corrected chi connectivity index (χ4v) is 2.17. The van der Waals surface area contributed by atoms with E-state index in [9.17, 15) is 4.39 Å². The number of nitriles is 1. The molecule has 0 bridgehead atoms. The summed E-state index contributed by atoms with van der Waals surface area (Å²) < 4.78 is 13.6. The largest absolute Gasteiger partial charge is 0.206 e. The minimum Gasteiger partial charge on any atom is -0.206 e. The van der Waals surface area contributed by atoms with Gasteiger partial charge in [0.15, 0.2) is 0 Å². The standard InChI is InChI=1S/C18H18FN/c1-3-13(2)10-14-4-6-15(7-5-14)16-8-9-17(12-20)18(19)11-16/h4-9,11,13H,3,10H2,1-2H3. The summed E-state index contributed by atoms with van der Waals surface area (Å²) in [7, 11) is 0. The number of hydrogen-bond donors (Lipinski definition) is 0. The van der Waals surface area contributed by atoms with Crippen LogP contribution >= 0.6 is 0 Å². The average molecular weight is 267 g/mol. The van der Waals surface area contributed by atoms with Crippen LogP contribution in [0.15, 0.2) is 42.5 Å². The topological polar surface area (TPSA) is 23.8 Å². The second-order valence-corrected chi connectivity index (χ2v) is 5.22. The highest BCUT2D eigenvalue weighted by atomic mass is 19.1. The van der Waals surface area contributed by atoms with Crippen molar-refractivity contribution in [2.45, 2.75) is 26.7 Å². The molecule has 0 aliphatic heterocycles. The maximum absolute atomic E-state index is 13.6. The van der Waals surface area contributed by atoms with E-state index in [0.717, 1.165) is 17.5 Å². The number of rotatable bonds is 4. The van der Waals surface area contributed by atoms with E-state index in [0.29, 0.717) is 5.92 Å². The molecule has 0 aliphatic carbocycles. The molecule has 0 amide bonds. The first-order chi connectivity index (χ1) is 9.63. The first-order valence-electron chi connectivity index (χ1n) is 6.93. The van der Waals surface area contributed by atoms with Gasteiger partial charge in [0, 0.05) is 0 Å². The molecular weight excluding hydrogens is 249 g/mol. The van der Waals surface area contributed by atoms with E-state index < -0.39 is 5.82 Å². The molecule has 0 saturated heterocycles. The minimum absolute atomic E-state index is 0.0853. The maximum atomic E-state index is 13.6. The highest BCUT2D eigenvalue weighted by molar-refractivity contribution is 5.64. The molecule has 2 aromatic rings. The lowest BCUT2D eigenvalue weighted by molar-refractivity contribution is 0.560. The third-order valence-corrected chi connectivity index (χ3v) is 3.66. The summed E-state index contributed by atoms with van der Waals surface area (Å²) in [6, 6.07) is 14.8. The molecule has 0 N–H and O–H groups in total. The predicted molar refractivity (Wildman–Crippen MR) is 79.7 cm³/mol.